The van der Waals surface area contributed by atoms with Crippen LogP contribution in [0, 0.1) is 11.3 Å². The first-order valence-electron chi connectivity index (χ1n) is 8.17. The summed E-state index contributed by atoms with van der Waals surface area (Å²) < 4.78 is 0. The Kier molecular flexibility index (Phi) is 5.20. The second-order valence-electron chi connectivity index (χ2n) is 5.49. The molecule has 0 unspecified atom stereocenters. The molecule has 1 aromatic heterocycles. The summed E-state index contributed by atoms with van der Waals surface area (Å²) in [5, 5.41) is 11.9. The Morgan fingerprint density at radius 3 is 2.38 bits per heavy atom. The Bertz CT molecular complexity index is 915. The minimum Gasteiger partial charge on any atom is -0.339 e. The van der Waals surface area contributed by atoms with Gasteiger partial charge in [-0.15, -0.1) is 0 Å². The number of anilines is 3. The predicted octanol–water partition coefficient (Wildman–Crippen LogP) is 3.76. The van der Waals surface area contributed by atoms with E-state index in [4.69, 9.17) is 5.26 Å². The van der Waals surface area contributed by atoms with Crippen LogP contribution >= 0.6 is 0 Å². The van der Waals surface area contributed by atoms with Gasteiger partial charge in [-0.1, -0.05) is 18.2 Å². The highest BCUT2D eigenvalue weighted by Gasteiger charge is 2.17. The highest BCUT2D eigenvalue weighted by molar-refractivity contribution is 6.04. The van der Waals surface area contributed by atoms with Crippen LogP contribution in [0.2, 0.25) is 0 Å². The van der Waals surface area contributed by atoms with Crippen molar-refractivity contribution in [2.45, 2.75) is 6.92 Å². The number of nitrogens with zero attached hydrogens (tertiary/aromatic N) is 4. The lowest BCUT2D eigenvalue weighted by atomic mass is 10.2. The van der Waals surface area contributed by atoms with E-state index in [9.17, 15) is 4.79 Å². The molecule has 6 heteroatoms. The van der Waals surface area contributed by atoms with Gasteiger partial charge in [0.15, 0.2) is 0 Å². The van der Waals surface area contributed by atoms with Gasteiger partial charge in [0.2, 0.25) is 0 Å². The van der Waals surface area contributed by atoms with Crippen LogP contribution in [-0.2, 0) is 0 Å². The van der Waals surface area contributed by atoms with Gasteiger partial charge in [-0.05, 0) is 43.3 Å². The molecule has 1 amide bonds. The van der Waals surface area contributed by atoms with Gasteiger partial charge in [0.25, 0.3) is 5.91 Å². The van der Waals surface area contributed by atoms with Crippen molar-refractivity contribution in [3.05, 3.63) is 78.2 Å². The SMILES string of the molecule is CCN(C(=O)c1cnc(Nc2ccc(C#N)cc2)cn1)c1ccccc1. The van der Waals surface area contributed by atoms with Gasteiger partial charge in [-0.2, -0.15) is 5.26 Å². The maximum atomic E-state index is 12.7. The maximum absolute atomic E-state index is 12.7. The van der Waals surface area contributed by atoms with Crippen molar-refractivity contribution < 1.29 is 4.79 Å². The molecule has 6 nitrogen and oxygen atoms in total. The van der Waals surface area contributed by atoms with E-state index >= 15 is 0 Å². The standard InChI is InChI=1S/C20H17N5O/c1-2-25(17-6-4-3-5-7-17)20(26)18-13-23-19(14-22-18)24-16-10-8-15(12-21)9-11-16/h3-11,13-14H,2H2,1H3,(H,23,24). The Hall–Kier alpha value is -3.72. The number of hydrogen-bond donors (Lipinski definition) is 1. The summed E-state index contributed by atoms with van der Waals surface area (Å²) in [6.07, 6.45) is 2.98. The zero-order valence-electron chi connectivity index (χ0n) is 14.3. The van der Waals surface area contributed by atoms with Crippen LogP contribution in [0.5, 0.6) is 0 Å². The van der Waals surface area contributed by atoms with Gasteiger partial charge in [0, 0.05) is 17.9 Å². The first kappa shape index (κ1) is 17.1. The number of benzene rings is 2. The summed E-state index contributed by atoms with van der Waals surface area (Å²) in [7, 11) is 0. The molecule has 3 rings (SSSR count). The van der Waals surface area contributed by atoms with E-state index in [0.29, 0.717) is 17.9 Å². The zero-order valence-corrected chi connectivity index (χ0v) is 14.3. The van der Waals surface area contributed by atoms with Crippen molar-refractivity contribution in [3.8, 4) is 6.07 Å². The molecule has 0 aliphatic heterocycles. The van der Waals surface area contributed by atoms with Crippen LogP contribution in [0.25, 0.3) is 0 Å². The maximum Gasteiger partial charge on any atom is 0.278 e. The van der Waals surface area contributed by atoms with Gasteiger partial charge in [-0.3, -0.25) is 4.79 Å². The highest BCUT2D eigenvalue weighted by atomic mass is 16.2. The van der Waals surface area contributed by atoms with Gasteiger partial charge >= 0.3 is 0 Å². The van der Waals surface area contributed by atoms with Crippen molar-refractivity contribution in [1.82, 2.24) is 9.97 Å². The van der Waals surface area contributed by atoms with Crippen LogP contribution in [-0.4, -0.2) is 22.4 Å². The second kappa shape index (κ2) is 7.90. The van der Waals surface area contributed by atoms with Crippen molar-refractivity contribution in [2.75, 3.05) is 16.8 Å². The van der Waals surface area contributed by atoms with Crippen molar-refractivity contribution in [1.29, 1.82) is 5.26 Å². The third-order valence-electron chi connectivity index (χ3n) is 3.79. The van der Waals surface area contributed by atoms with Crippen molar-refractivity contribution in [2.24, 2.45) is 0 Å². The van der Waals surface area contributed by atoms with Crippen LogP contribution in [0.4, 0.5) is 17.2 Å². The molecule has 26 heavy (non-hydrogen) atoms. The Morgan fingerprint density at radius 2 is 1.81 bits per heavy atom. The number of hydrogen-bond acceptors (Lipinski definition) is 5. The molecular weight excluding hydrogens is 326 g/mol. The fourth-order valence-corrected chi connectivity index (χ4v) is 2.47. The van der Waals surface area contributed by atoms with E-state index in [2.05, 4.69) is 21.4 Å². The van der Waals surface area contributed by atoms with E-state index < -0.39 is 0 Å². The summed E-state index contributed by atoms with van der Waals surface area (Å²) in [5.41, 5.74) is 2.47. The lowest BCUT2D eigenvalue weighted by molar-refractivity contribution is 0.0983. The van der Waals surface area contributed by atoms with E-state index in [1.807, 2.05) is 37.3 Å². The molecule has 2 aromatic carbocycles. The van der Waals surface area contributed by atoms with Crippen molar-refractivity contribution >= 4 is 23.1 Å². The minimum absolute atomic E-state index is 0.198. The third kappa shape index (κ3) is 3.84. The molecule has 0 fully saturated rings. The number of carbonyl (C=O) groups is 1. The predicted molar refractivity (Wildman–Crippen MR) is 100 cm³/mol. The minimum atomic E-state index is -0.198. The van der Waals surface area contributed by atoms with E-state index in [1.54, 1.807) is 29.2 Å². The molecule has 1 heterocycles. The second-order valence-corrected chi connectivity index (χ2v) is 5.49. The summed E-state index contributed by atoms with van der Waals surface area (Å²) >= 11 is 0. The molecule has 0 spiro atoms. The molecule has 1 N–H and O–H groups in total. The molecular formula is C20H17N5O. The van der Waals surface area contributed by atoms with E-state index in [0.717, 1.165) is 11.4 Å². The quantitative estimate of drug-likeness (QED) is 0.763. The average Bonchev–Trinajstić information content (AvgIpc) is 2.70. The Balaban J connectivity index is 1.74. The number of carbonyl (C=O) groups excluding carboxylic acids is 1. The lowest BCUT2D eigenvalue weighted by Gasteiger charge is -2.20. The molecule has 0 aliphatic rings. The van der Waals surface area contributed by atoms with Crippen LogP contribution in [0.15, 0.2) is 67.0 Å². The first-order chi connectivity index (χ1) is 12.7. The lowest BCUT2D eigenvalue weighted by Crippen LogP contribution is -2.31. The van der Waals surface area contributed by atoms with Crippen LogP contribution in [0.3, 0.4) is 0 Å². The van der Waals surface area contributed by atoms with Crippen LogP contribution in [0.1, 0.15) is 23.0 Å². The number of rotatable bonds is 5. The Morgan fingerprint density at radius 1 is 1.08 bits per heavy atom. The van der Waals surface area contributed by atoms with E-state index in [1.165, 1.54) is 12.4 Å². The largest absolute Gasteiger partial charge is 0.339 e. The molecule has 0 bridgehead atoms. The number of nitriles is 1. The van der Waals surface area contributed by atoms with Crippen molar-refractivity contribution in [3.63, 3.8) is 0 Å². The summed E-state index contributed by atoms with van der Waals surface area (Å²) in [6, 6.07) is 18.5. The molecule has 0 saturated carbocycles. The van der Waals surface area contributed by atoms with Gasteiger partial charge in [0.05, 0.1) is 24.0 Å². The number of para-hydroxylation sites is 1. The zero-order chi connectivity index (χ0) is 18.4. The van der Waals surface area contributed by atoms with E-state index in [-0.39, 0.29) is 11.6 Å². The topological polar surface area (TPSA) is 81.9 Å². The molecule has 128 valence electrons. The van der Waals surface area contributed by atoms with Gasteiger partial charge in [0.1, 0.15) is 11.5 Å². The molecule has 3 aromatic rings. The van der Waals surface area contributed by atoms with Gasteiger partial charge in [-0.25, -0.2) is 9.97 Å². The smallest absolute Gasteiger partial charge is 0.278 e. The monoisotopic (exact) mass is 343 g/mol. The summed E-state index contributed by atoms with van der Waals surface area (Å²) in [6.45, 7) is 2.45. The first-order valence-corrected chi connectivity index (χ1v) is 8.17. The molecule has 0 saturated heterocycles. The number of nitrogens with one attached hydrogen (secondary N) is 1. The average molecular weight is 343 g/mol. The van der Waals surface area contributed by atoms with Crippen LogP contribution < -0.4 is 10.2 Å². The fourth-order valence-electron chi connectivity index (χ4n) is 2.47. The summed E-state index contributed by atoms with van der Waals surface area (Å²) in [5.74, 6) is 0.324. The number of aromatic nitrogens is 2. The number of amides is 1. The summed E-state index contributed by atoms with van der Waals surface area (Å²) in [4.78, 5) is 22.8. The molecule has 0 aliphatic carbocycles. The van der Waals surface area contributed by atoms with Gasteiger partial charge < -0.3 is 10.2 Å². The Labute approximate surface area is 151 Å². The highest BCUT2D eigenvalue weighted by Crippen LogP contribution is 2.17. The fraction of sp³-hybridized carbons (Fsp3) is 0.100. The molecule has 0 radical (unpaired) electrons. The third-order valence-corrected chi connectivity index (χ3v) is 3.79. The molecule has 0 atom stereocenters. The normalized spacial score (nSPS) is 10.0.